The summed E-state index contributed by atoms with van der Waals surface area (Å²) in [7, 11) is 0. The molecule has 3 heterocycles. The molecule has 6 nitrogen and oxygen atoms in total. The Bertz CT molecular complexity index is 1120. The van der Waals surface area contributed by atoms with Gasteiger partial charge in [-0.1, -0.05) is 41.9 Å². The predicted molar refractivity (Wildman–Crippen MR) is 107 cm³/mol. The van der Waals surface area contributed by atoms with Crippen molar-refractivity contribution >= 4 is 40.5 Å². The summed E-state index contributed by atoms with van der Waals surface area (Å²) in [6, 6.07) is 14.6. The Labute approximate surface area is 166 Å². The highest BCUT2D eigenvalue weighted by Gasteiger charge is 2.43. The number of nitrogens with one attached hydrogen (secondary N) is 1. The van der Waals surface area contributed by atoms with Crippen LogP contribution in [0.5, 0.6) is 0 Å². The van der Waals surface area contributed by atoms with Crippen LogP contribution in [0.4, 0.5) is 0 Å². The number of hydrazone groups is 1. The van der Waals surface area contributed by atoms with E-state index in [0.29, 0.717) is 18.0 Å². The highest BCUT2D eigenvalue weighted by Crippen LogP contribution is 2.32. The summed E-state index contributed by atoms with van der Waals surface area (Å²) in [6.45, 7) is 0.378. The molecule has 1 atom stereocenters. The number of nitrogens with zero attached hydrogens (tertiary/aromatic N) is 3. The monoisotopic (exact) mass is 392 g/mol. The van der Waals surface area contributed by atoms with Crippen LogP contribution >= 0.6 is 11.6 Å². The normalized spacial score (nSPS) is 19.4. The Hall–Kier alpha value is -3.12. The van der Waals surface area contributed by atoms with Crippen molar-refractivity contribution in [1.29, 1.82) is 0 Å². The number of H-pyrrole nitrogens is 1. The Morgan fingerprint density at radius 3 is 2.68 bits per heavy atom. The van der Waals surface area contributed by atoms with E-state index in [1.54, 1.807) is 23.2 Å². The van der Waals surface area contributed by atoms with Gasteiger partial charge in [0, 0.05) is 28.0 Å². The smallest absolute Gasteiger partial charge is 0.266 e. The lowest BCUT2D eigenvalue weighted by Crippen LogP contribution is -2.60. The number of fused-ring (bicyclic) bond motifs is 4. The van der Waals surface area contributed by atoms with Gasteiger partial charge in [-0.3, -0.25) is 9.59 Å². The number of hydrogen-bond acceptors (Lipinski definition) is 3. The topological polar surface area (TPSA) is 68.8 Å². The Morgan fingerprint density at radius 2 is 1.86 bits per heavy atom. The van der Waals surface area contributed by atoms with Crippen LogP contribution in [0, 0.1) is 0 Å². The van der Waals surface area contributed by atoms with Gasteiger partial charge in [-0.2, -0.15) is 5.10 Å². The molecule has 0 saturated carbocycles. The Kier molecular flexibility index (Phi) is 3.94. The van der Waals surface area contributed by atoms with Crippen LogP contribution in [0.25, 0.3) is 10.9 Å². The van der Waals surface area contributed by atoms with Gasteiger partial charge in [0.1, 0.15) is 12.6 Å². The third-order valence-corrected chi connectivity index (χ3v) is 5.62. The number of amides is 2. The zero-order chi connectivity index (χ0) is 19.3. The maximum atomic E-state index is 13.0. The van der Waals surface area contributed by atoms with Gasteiger partial charge in [-0.25, -0.2) is 5.01 Å². The van der Waals surface area contributed by atoms with E-state index in [9.17, 15) is 9.59 Å². The van der Waals surface area contributed by atoms with Crippen LogP contribution in [-0.2, 0) is 22.6 Å². The summed E-state index contributed by atoms with van der Waals surface area (Å²) in [5.41, 5.74) is 3.97. The average molecular weight is 393 g/mol. The van der Waals surface area contributed by atoms with E-state index in [4.69, 9.17) is 11.6 Å². The highest BCUT2D eigenvalue weighted by molar-refractivity contribution is 6.30. The zero-order valence-electron chi connectivity index (χ0n) is 14.9. The van der Waals surface area contributed by atoms with E-state index in [1.807, 2.05) is 36.4 Å². The van der Waals surface area contributed by atoms with Gasteiger partial charge >= 0.3 is 0 Å². The van der Waals surface area contributed by atoms with Crippen molar-refractivity contribution < 1.29 is 9.59 Å². The number of benzene rings is 2. The van der Waals surface area contributed by atoms with Crippen molar-refractivity contribution in [1.82, 2.24) is 14.9 Å². The van der Waals surface area contributed by atoms with E-state index in [0.717, 1.165) is 27.7 Å². The predicted octanol–water partition coefficient (Wildman–Crippen LogP) is 2.95. The molecule has 1 saturated heterocycles. The largest absolute Gasteiger partial charge is 0.357 e. The minimum atomic E-state index is -0.518. The second kappa shape index (κ2) is 6.49. The second-order valence-electron chi connectivity index (χ2n) is 7.06. The first kappa shape index (κ1) is 17.0. The zero-order valence-corrected chi connectivity index (χ0v) is 15.7. The maximum Gasteiger partial charge on any atom is 0.266 e. The summed E-state index contributed by atoms with van der Waals surface area (Å²) in [6.07, 6.45) is 2.08. The van der Waals surface area contributed by atoms with Gasteiger partial charge in [-0.05, 0) is 29.3 Å². The van der Waals surface area contributed by atoms with E-state index in [-0.39, 0.29) is 18.4 Å². The first-order valence-electron chi connectivity index (χ1n) is 9.09. The van der Waals surface area contributed by atoms with E-state index < -0.39 is 6.04 Å². The molecule has 0 aliphatic carbocycles. The fourth-order valence-electron chi connectivity index (χ4n) is 3.94. The number of para-hydroxylation sites is 1. The molecule has 1 fully saturated rings. The molecule has 2 aliphatic heterocycles. The third kappa shape index (κ3) is 2.77. The standard InChI is InChI=1S/C21H17ClN4O2/c22-14-7-5-13(6-8-14)10-23-26-12-20(27)25-11-18-16(9-19(25)21(26)28)15-3-1-2-4-17(15)24-18/h1-8,10,19,24H,9,11-12H2/b23-10+/t19-/m1/s1. The lowest BCUT2D eigenvalue weighted by Gasteiger charge is -2.40. The fourth-order valence-corrected chi connectivity index (χ4v) is 4.07. The SMILES string of the molecule is O=C1[C@H]2Cc3c([nH]c4ccccc34)CN2C(=O)CN1/N=C/c1ccc(Cl)cc1. The summed E-state index contributed by atoms with van der Waals surface area (Å²) in [5, 5.41) is 7.29. The van der Waals surface area contributed by atoms with Gasteiger partial charge in [-0.15, -0.1) is 0 Å². The average Bonchev–Trinajstić information content (AvgIpc) is 3.07. The van der Waals surface area contributed by atoms with Crippen LogP contribution in [0.15, 0.2) is 53.6 Å². The lowest BCUT2D eigenvalue weighted by molar-refractivity contribution is -0.157. The number of aromatic amines is 1. The molecule has 7 heteroatoms. The van der Waals surface area contributed by atoms with Crippen molar-refractivity contribution in [3.63, 3.8) is 0 Å². The quantitative estimate of drug-likeness (QED) is 0.681. The van der Waals surface area contributed by atoms with Crippen molar-refractivity contribution in [3.8, 4) is 0 Å². The highest BCUT2D eigenvalue weighted by atomic mass is 35.5. The van der Waals surface area contributed by atoms with Crippen molar-refractivity contribution in [2.75, 3.05) is 6.54 Å². The van der Waals surface area contributed by atoms with Crippen molar-refractivity contribution in [3.05, 3.63) is 70.4 Å². The minimum absolute atomic E-state index is 0.0466. The lowest BCUT2D eigenvalue weighted by atomic mass is 9.94. The molecule has 5 rings (SSSR count). The molecular weight excluding hydrogens is 376 g/mol. The van der Waals surface area contributed by atoms with Gasteiger partial charge in [0.2, 0.25) is 5.91 Å². The molecule has 3 aromatic rings. The van der Waals surface area contributed by atoms with Crippen molar-refractivity contribution in [2.45, 2.75) is 19.0 Å². The number of aromatic nitrogens is 1. The molecule has 2 amide bonds. The summed E-state index contributed by atoms with van der Waals surface area (Å²) in [4.78, 5) is 30.8. The summed E-state index contributed by atoms with van der Waals surface area (Å²) < 4.78 is 0. The van der Waals surface area contributed by atoms with Crippen LogP contribution in [-0.4, -0.2) is 45.5 Å². The number of carbonyl (C=O) groups excluding carboxylic acids is 2. The minimum Gasteiger partial charge on any atom is -0.357 e. The number of hydrogen-bond donors (Lipinski definition) is 1. The third-order valence-electron chi connectivity index (χ3n) is 5.37. The molecule has 0 bridgehead atoms. The van der Waals surface area contributed by atoms with Gasteiger partial charge in [0.05, 0.1) is 12.8 Å². The maximum absolute atomic E-state index is 13.0. The van der Waals surface area contributed by atoms with Crippen LogP contribution < -0.4 is 0 Å². The first-order chi connectivity index (χ1) is 13.6. The number of carbonyl (C=O) groups is 2. The molecule has 28 heavy (non-hydrogen) atoms. The van der Waals surface area contributed by atoms with Gasteiger partial charge in [0.25, 0.3) is 5.91 Å². The molecule has 140 valence electrons. The van der Waals surface area contributed by atoms with Crippen molar-refractivity contribution in [2.24, 2.45) is 5.10 Å². The fraction of sp³-hybridized carbons (Fsp3) is 0.190. The number of halogens is 1. The molecule has 0 unspecified atom stereocenters. The second-order valence-corrected chi connectivity index (χ2v) is 7.50. The molecular formula is C21H17ClN4O2. The van der Waals surface area contributed by atoms with E-state index in [1.165, 1.54) is 5.01 Å². The Balaban J connectivity index is 1.44. The van der Waals surface area contributed by atoms with E-state index in [2.05, 4.69) is 10.1 Å². The molecule has 0 radical (unpaired) electrons. The van der Waals surface area contributed by atoms with Crippen LogP contribution in [0.1, 0.15) is 16.8 Å². The molecule has 1 aromatic heterocycles. The number of rotatable bonds is 2. The van der Waals surface area contributed by atoms with Gasteiger partial charge < -0.3 is 9.88 Å². The van der Waals surface area contributed by atoms with Crippen LogP contribution in [0.3, 0.4) is 0 Å². The molecule has 0 spiro atoms. The number of piperazine rings is 1. The van der Waals surface area contributed by atoms with Crippen LogP contribution in [0.2, 0.25) is 5.02 Å². The molecule has 2 aliphatic rings. The molecule has 1 N–H and O–H groups in total. The summed E-state index contributed by atoms with van der Waals surface area (Å²) >= 11 is 5.89. The first-order valence-corrected chi connectivity index (χ1v) is 9.47. The molecule has 2 aromatic carbocycles. The van der Waals surface area contributed by atoms with E-state index >= 15 is 0 Å². The van der Waals surface area contributed by atoms with Gasteiger partial charge in [0.15, 0.2) is 0 Å². The summed E-state index contributed by atoms with van der Waals surface area (Å²) in [5.74, 6) is -0.247. The Morgan fingerprint density at radius 1 is 1.07 bits per heavy atom.